The van der Waals surface area contributed by atoms with Crippen LogP contribution >= 0.6 is 0 Å². The fourth-order valence-electron chi connectivity index (χ4n) is 0.648. The van der Waals surface area contributed by atoms with Crippen LogP contribution in [-0.2, 0) is 0 Å². The van der Waals surface area contributed by atoms with Crippen molar-refractivity contribution in [2.24, 2.45) is 0 Å². The number of nitrogens with two attached hydrogens (primary N) is 1. The van der Waals surface area contributed by atoms with E-state index < -0.39 is 5.82 Å². The van der Waals surface area contributed by atoms with E-state index in [9.17, 15) is 4.39 Å². The summed E-state index contributed by atoms with van der Waals surface area (Å²) in [5, 5.41) is 3.73. The lowest BCUT2D eigenvalue weighted by atomic mass is 10.4. The molecule has 56 valence electrons. The minimum Gasteiger partial charge on any atom is -0.380 e. The number of halogens is 1. The van der Waals surface area contributed by atoms with Crippen LogP contribution < -0.4 is 5.73 Å². The molecule has 0 aromatic carbocycles. The Labute approximate surface area is 58.6 Å². The topological polar surface area (TPSA) is 43.8 Å². The highest BCUT2D eigenvalue weighted by Crippen LogP contribution is 2.09. The standard InChI is InChI=1S/C6H10FN3/c1-4(2)10-3-5(7)6(8)9-10/h3-4H,1-2H3,(H2,8,9). The van der Waals surface area contributed by atoms with E-state index in [4.69, 9.17) is 5.73 Å². The Morgan fingerprint density at radius 3 is 2.50 bits per heavy atom. The minimum absolute atomic E-state index is 0.0336. The monoisotopic (exact) mass is 143 g/mol. The maximum Gasteiger partial charge on any atom is 0.184 e. The van der Waals surface area contributed by atoms with E-state index in [0.717, 1.165) is 0 Å². The third-order valence-corrected chi connectivity index (χ3v) is 1.24. The molecule has 10 heavy (non-hydrogen) atoms. The summed E-state index contributed by atoms with van der Waals surface area (Å²) >= 11 is 0. The lowest BCUT2D eigenvalue weighted by molar-refractivity contribution is 0.527. The molecule has 1 aromatic rings. The molecule has 1 aromatic heterocycles. The third kappa shape index (κ3) is 1.10. The van der Waals surface area contributed by atoms with E-state index >= 15 is 0 Å². The SMILES string of the molecule is CC(C)n1cc(F)c(N)n1. The quantitative estimate of drug-likeness (QED) is 0.641. The van der Waals surface area contributed by atoms with Gasteiger partial charge in [-0.1, -0.05) is 0 Å². The second-order valence-corrected chi connectivity index (χ2v) is 2.44. The van der Waals surface area contributed by atoms with E-state index in [2.05, 4.69) is 5.10 Å². The molecule has 0 fully saturated rings. The number of hydrogen-bond donors (Lipinski definition) is 1. The summed E-state index contributed by atoms with van der Waals surface area (Å²) in [6.45, 7) is 3.82. The largest absolute Gasteiger partial charge is 0.380 e. The summed E-state index contributed by atoms with van der Waals surface area (Å²) in [6, 6.07) is 0.159. The number of aromatic nitrogens is 2. The molecule has 0 bridgehead atoms. The summed E-state index contributed by atoms with van der Waals surface area (Å²) in [4.78, 5) is 0. The van der Waals surface area contributed by atoms with Gasteiger partial charge in [0.25, 0.3) is 0 Å². The first kappa shape index (κ1) is 7.05. The van der Waals surface area contributed by atoms with E-state index in [1.807, 2.05) is 13.8 Å². The molecular formula is C6H10FN3. The van der Waals surface area contributed by atoms with Crippen LogP contribution in [0.15, 0.2) is 6.20 Å². The van der Waals surface area contributed by atoms with Gasteiger partial charge in [-0.2, -0.15) is 5.10 Å². The van der Waals surface area contributed by atoms with Crippen LogP contribution in [0.2, 0.25) is 0 Å². The van der Waals surface area contributed by atoms with Gasteiger partial charge >= 0.3 is 0 Å². The van der Waals surface area contributed by atoms with Gasteiger partial charge in [-0.15, -0.1) is 0 Å². The molecule has 1 rings (SSSR count). The van der Waals surface area contributed by atoms with Crippen molar-refractivity contribution in [3.8, 4) is 0 Å². The van der Waals surface area contributed by atoms with Crippen molar-refractivity contribution >= 4 is 5.82 Å². The fraction of sp³-hybridized carbons (Fsp3) is 0.500. The van der Waals surface area contributed by atoms with E-state index in [1.54, 1.807) is 0 Å². The first-order chi connectivity index (χ1) is 4.61. The van der Waals surface area contributed by atoms with Crippen molar-refractivity contribution in [2.75, 3.05) is 5.73 Å². The van der Waals surface area contributed by atoms with Gasteiger partial charge in [0.05, 0.1) is 6.20 Å². The van der Waals surface area contributed by atoms with Crippen LogP contribution in [0.3, 0.4) is 0 Å². The van der Waals surface area contributed by atoms with E-state index in [0.29, 0.717) is 0 Å². The van der Waals surface area contributed by atoms with Crippen molar-refractivity contribution < 1.29 is 4.39 Å². The molecule has 0 amide bonds. The van der Waals surface area contributed by atoms with Crippen molar-refractivity contribution in [3.63, 3.8) is 0 Å². The van der Waals surface area contributed by atoms with Crippen LogP contribution in [0.25, 0.3) is 0 Å². The van der Waals surface area contributed by atoms with Gasteiger partial charge in [0.2, 0.25) is 0 Å². The molecule has 0 saturated heterocycles. The maximum absolute atomic E-state index is 12.5. The molecule has 0 radical (unpaired) electrons. The molecule has 0 saturated carbocycles. The number of nitrogens with zero attached hydrogens (tertiary/aromatic N) is 2. The molecule has 0 aliphatic rings. The van der Waals surface area contributed by atoms with Crippen molar-refractivity contribution in [3.05, 3.63) is 12.0 Å². The Bertz CT molecular complexity index is 209. The highest BCUT2D eigenvalue weighted by atomic mass is 19.1. The van der Waals surface area contributed by atoms with Gasteiger partial charge < -0.3 is 5.73 Å². The predicted octanol–water partition coefficient (Wildman–Crippen LogP) is 1.19. The molecule has 4 heteroatoms. The molecule has 2 N–H and O–H groups in total. The molecular weight excluding hydrogens is 133 g/mol. The smallest absolute Gasteiger partial charge is 0.184 e. The lowest BCUT2D eigenvalue weighted by Crippen LogP contribution is -2.01. The zero-order valence-corrected chi connectivity index (χ0v) is 6.00. The van der Waals surface area contributed by atoms with Gasteiger partial charge in [-0.25, -0.2) is 4.39 Å². The second-order valence-electron chi connectivity index (χ2n) is 2.44. The average molecular weight is 143 g/mol. The van der Waals surface area contributed by atoms with Gasteiger partial charge in [0, 0.05) is 6.04 Å². The number of rotatable bonds is 1. The highest BCUT2D eigenvalue weighted by Gasteiger charge is 2.05. The number of anilines is 1. The maximum atomic E-state index is 12.5. The minimum atomic E-state index is -0.450. The van der Waals surface area contributed by atoms with Gasteiger partial charge in [0.15, 0.2) is 11.6 Å². The molecule has 0 aliphatic carbocycles. The van der Waals surface area contributed by atoms with Crippen LogP contribution in [0.5, 0.6) is 0 Å². The van der Waals surface area contributed by atoms with Gasteiger partial charge in [-0.05, 0) is 13.8 Å². The Morgan fingerprint density at radius 2 is 2.30 bits per heavy atom. The first-order valence-electron chi connectivity index (χ1n) is 3.11. The molecule has 3 nitrogen and oxygen atoms in total. The van der Waals surface area contributed by atoms with Gasteiger partial charge in [-0.3, -0.25) is 4.68 Å². The zero-order chi connectivity index (χ0) is 7.72. The summed E-state index contributed by atoms with van der Waals surface area (Å²) in [6.07, 6.45) is 1.29. The molecule has 1 heterocycles. The number of nitrogen functional groups attached to an aromatic ring is 1. The first-order valence-corrected chi connectivity index (χ1v) is 3.11. The van der Waals surface area contributed by atoms with Crippen LogP contribution in [0.1, 0.15) is 19.9 Å². The third-order valence-electron chi connectivity index (χ3n) is 1.24. The molecule has 0 unspecified atom stereocenters. The summed E-state index contributed by atoms with van der Waals surface area (Å²) in [5.41, 5.74) is 5.17. The van der Waals surface area contributed by atoms with Crippen LogP contribution in [0.4, 0.5) is 10.2 Å². The molecule has 0 atom stereocenters. The van der Waals surface area contributed by atoms with Crippen LogP contribution in [0, 0.1) is 5.82 Å². The van der Waals surface area contributed by atoms with E-state index in [-0.39, 0.29) is 11.9 Å². The Hall–Kier alpha value is -1.06. The Morgan fingerprint density at radius 1 is 1.70 bits per heavy atom. The molecule has 0 spiro atoms. The Kier molecular flexibility index (Phi) is 1.61. The fourth-order valence-corrected chi connectivity index (χ4v) is 0.648. The van der Waals surface area contributed by atoms with E-state index in [1.165, 1.54) is 10.9 Å². The predicted molar refractivity (Wildman–Crippen MR) is 37.0 cm³/mol. The highest BCUT2D eigenvalue weighted by molar-refractivity contribution is 5.26. The van der Waals surface area contributed by atoms with Crippen molar-refractivity contribution in [1.29, 1.82) is 0 Å². The van der Waals surface area contributed by atoms with Crippen LogP contribution in [-0.4, -0.2) is 9.78 Å². The molecule has 0 aliphatic heterocycles. The zero-order valence-electron chi connectivity index (χ0n) is 6.00. The summed E-state index contributed by atoms with van der Waals surface area (Å²) in [7, 11) is 0. The normalized spacial score (nSPS) is 10.8. The summed E-state index contributed by atoms with van der Waals surface area (Å²) < 4.78 is 14.0. The summed E-state index contributed by atoms with van der Waals surface area (Å²) in [5.74, 6) is -0.484. The average Bonchev–Trinajstić information content (AvgIpc) is 2.13. The van der Waals surface area contributed by atoms with Crippen molar-refractivity contribution in [2.45, 2.75) is 19.9 Å². The van der Waals surface area contributed by atoms with Crippen molar-refractivity contribution in [1.82, 2.24) is 9.78 Å². The second kappa shape index (κ2) is 2.28. The Balaban J connectivity index is 2.98. The number of hydrogen-bond acceptors (Lipinski definition) is 2. The van der Waals surface area contributed by atoms with Gasteiger partial charge in [0.1, 0.15) is 0 Å². The lowest BCUT2D eigenvalue weighted by Gasteiger charge is -2.01.